The van der Waals surface area contributed by atoms with Crippen molar-refractivity contribution in [1.29, 1.82) is 0 Å². The highest BCUT2D eigenvalue weighted by Crippen LogP contribution is 2.27. The molecule has 0 aliphatic carbocycles. The first-order valence-electron chi connectivity index (χ1n) is 4.01. The van der Waals surface area contributed by atoms with Gasteiger partial charge in [-0.05, 0) is 25.1 Å². The number of phenols is 1. The van der Waals surface area contributed by atoms with Crippen LogP contribution in [-0.2, 0) is 4.79 Å². The van der Waals surface area contributed by atoms with Gasteiger partial charge in [-0.1, -0.05) is 15.9 Å². The van der Waals surface area contributed by atoms with Crippen LogP contribution >= 0.6 is 15.9 Å². The number of rotatable bonds is 2. The van der Waals surface area contributed by atoms with Gasteiger partial charge in [-0.15, -0.1) is 0 Å². The number of benzene rings is 1. The van der Waals surface area contributed by atoms with Crippen LogP contribution in [0.1, 0.15) is 12.5 Å². The lowest BCUT2D eigenvalue weighted by Crippen LogP contribution is -1.95. The quantitative estimate of drug-likeness (QED) is 0.816. The normalized spacial score (nSPS) is 11.5. The molecule has 0 amide bonds. The molecule has 15 heavy (non-hydrogen) atoms. The Morgan fingerprint density at radius 3 is 2.67 bits per heavy atom. The molecule has 0 saturated heterocycles. The Morgan fingerprint density at radius 1 is 1.53 bits per heavy atom. The number of hydrogen-bond donors (Lipinski definition) is 2. The molecule has 5 heteroatoms. The third-order valence-electron chi connectivity index (χ3n) is 1.77. The molecule has 0 fully saturated rings. The lowest BCUT2D eigenvalue weighted by Gasteiger charge is -2.02. The van der Waals surface area contributed by atoms with Crippen molar-refractivity contribution in [1.82, 2.24) is 0 Å². The molecular weight excluding hydrogens is 267 g/mol. The molecule has 0 aliphatic heterocycles. The molecule has 3 nitrogen and oxygen atoms in total. The van der Waals surface area contributed by atoms with E-state index in [0.717, 1.165) is 6.07 Å². The maximum atomic E-state index is 13.0. The summed E-state index contributed by atoms with van der Waals surface area (Å²) in [5, 5.41) is 17.9. The highest BCUT2D eigenvalue weighted by Gasteiger charge is 2.09. The van der Waals surface area contributed by atoms with Gasteiger partial charge in [-0.25, -0.2) is 9.18 Å². The van der Waals surface area contributed by atoms with E-state index in [9.17, 15) is 14.3 Å². The Balaban J connectivity index is 3.26. The van der Waals surface area contributed by atoms with E-state index < -0.39 is 17.5 Å². The Kier molecular flexibility index (Phi) is 3.47. The minimum absolute atomic E-state index is 0.0165. The average molecular weight is 275 g/mol. The first-order valence-corrected chi connectivity index (χ1v) is 4.80. The van der Waals surface area contributed by atoms with E-state index in [-0.39, 0.29) is 11.1 Å². The monoisotopic (exact) mass is 274 g/mol. The molecule has 0 unspecified atom stereocenters. The first kappa shape index (κ1) is 11.7. The molecule has 0 aliphatic rings. The molecule has 1 rings (SSSR count). The summed E-state index contributed by atoms with van der Waals surface area (Å²) in [4.78, 5) is 10.5. The van der Waals surface area contributed by atoms with Crippen LogP contribution in [0.4, 0.5) is 4.39 Å². The summed E-state index contributed by atoms with van der Waals surface area (Å²) in [7, 11) is 0. The molecular formula is C10H8BrFO3. The summed E-state index contributed by atoms with van der Waals surface area (Å²) >= 11 is 3.05. The zero-order valence-corrected chi connectivity index (χ0v) is 9.38. The van der Waals surface area contributed by atoms with Gasteiger partial charge >= 0.3 is 5.97 Å². The van der Waals surface area contributed by atoms with E-state index >= 15 is 0 Å². The molecule has 0 aromatic heterocycles. The number of hydrogen-bond acceptors (Lipinski definition) is 2. The van der Waals surface area contributed by atoms with E-state index in [2.05, 4.69) is 15.9 Å². The molecule has 0 saturated carbocycles. The first-order chi connectivity index (χ1) is 6.91. The fourth-order valence-electron chi connectivity index (χ4n) is 0.991. The summed E-state index contributed by atoms with van der Waals surface area (Å²) in [6.45, 7) is 1.36. The van der Waals surface area contributed by atoms with Crippen molar-refractivity contribution < 1.29 is 19.4 Å². The van der Waals surface area contributed by atoms with Crippen molar-refractivity contribution in [2.75, 3.05) is 0 Å². The second-order valence-corrected chi connectivity index (χ2v) is 3.87. The van der Waals surface area contributed by atoms with Crippen LogP contribution in [0.3, 0.4) is 0 Å². The highest BCUT2D eigenvalue weighted by molar-refractivity contribution is 9.10. The van der Waals surface area contributed by atoms with E-state index in [1.165, 1.54) is 19.1 Å². The largest absolute Gasteiger partial charge is 0.504 e. The summed E-state index contributed by atoms with van der Waals surface area (Å²) in [6, 6.07) is 2.54. The van der Waals surface area contributed by atoms with Gasteiger partial charge in [0.25, 0.3) is 0 Å². The standard InChI is InChI=1S/C10H8BrFO3/c1-5(10(14)15)2-6-3-7(11)4-8(12)9(6)13/h2-4,13H,1H3,(H,14,15)/b5-2+. The van der Waals surface area contributed by atoms with Gasteiger partial charge in [-0.2, -0.15) is 0 Å². The molecule has 0 atom stereocenters. The molecule has 1 aromatic rings. The highest BCUT2D eigenvalue weighted by atomic mass is 79.9. The number of aliphatic carboxylic acids is 1. The van der Waals surface area contributed by atoms with Crippen LogP contribution in [0.25, 0.3) is 6.08 Å². The van der Waals surface area contributed by atoms with E-state index in [1.54, 1.807) is 0 Å². The number of carboxylic acids is 1. The lowest BCUT2D eigenvalue weighted by atomic mass is 10.1. The summed E-state index contributed by atoms with van der Waals surface area (Å²) in [6.07, 6.45) is 1.20. The zero-order valence-electron chi connectivity index (χ0n) is 7.79. The molecule has 1 aromatic carbocycles. The van der Waals surface area contributed by atoms with Gasteiger partial charge in [-0.3, -0.25) is 0 Å². The molecule has 2 N–H and O–H groups in total. The smallest absolute Gasteiger partial charge is 0.331 e. The van der Waals surface area contributed by atoms with Gasteiger partial charge in [0.1, 0.15) is 0 Å². The van der Waals surface area contributed by atoms with Crippen LogP contribution < -0.4 is 0 Å². The molecule has 80 valence electrons. The van der Waals surface area contributed by atoms with Crippen molar-refractivity contribution in [2.45, 2.75) is 6.92 Å². The van der Waals surface area contributed by atoms with Crippen LogP contribution in [0.15, 0.2) is 22.2 Å². The predicted octanol–water partition coefficient (Wildman–Crippen LogP) is 2.78. The van der Waals surface area contributed by atoms with Crippen LogP contribution in [0.2, 0.25) is 0 Å². The minimum atomic E-state index is -1.12. The average Bonchev–Trinajstić information content (AvgIpc) is 2.13. The van der Waals surface area contributed by atoms with Crippen LogP contribution in [0.5, 0.6) is 5.75 Å². The predicted molar refractivity (Wildman–Crippen MR) is 57.1 cm³/mol. The number of carbonyl (C=O) groups is 1. The van der Waals surface area contributed by atoms with Gasteiger partial charge in [0, 0.05) is 15.6 Å². The SMILES string of the molecule is C/C(=C\c1cc(Br)cc(F)c1O)C(=O)O. The van der Waals surface area contributed by atoms with Gasteiger partial charge in [0.2, 0.25) is 0 Å². The van der Waals surface area contributed by atoms with Crippen LogP contribution in [-0.4, -0.2) is 16.2 Å². The van der Waals surface area contributed by atoms with Crippen molar-refractivity contribution in [3.05, 3.63) is 33.6 Å². The van der Waals surface area contributed by atoms with Gasteiger partial charge in [0.05, 0.1) is 0 Å². The second-order valence-electron chi connectivity index (χ2n) is 2.96. The summed E-state index contributed by atoms with van der Waals surface area (Å²) < 4.78 is 13.5. The van der Waals surface area contributed by atoms with Gasteiger partial charge in [0.15, 0.2) is 11.6 Å². The Bertz CT molecular complexity index is 441. The third-order valence-corrected chi connectivity index (χ3v) is 2.22. The minimum Gasteiger partial charge on any atom is -0.504 e. The Morgan fingerprint density at radius 2 is 2.13 bits per heavy atom. The fourth-order valence-corrected chi connectivity index (χ4v) is 1.44. The summed E-state index contributed by atoms with van der Waals surface area (Å²) in [5.74, 6) is -2.47. The number of phenolic OH excluding ortho intramolecular Hbond substituents is 1. The molecule has 0 spiro atoms. The maximum Gasteiger partial charge on any atom is 0.331 e. The van der Waals surface area contributed by atoms with Crippen molar-refractivity contribution >= 4 is 28.0 Å². The van der Waals surface area contributed by atoms with Gasteiger partial charge < -0.3 is 10.2 Å². The fraction of sp³-hybridized carbons (Fsp3) is 0.100. The zero-order chi connectivity index (χ0) is 11.6. The second kappa shape index (κ2) is 4.44. The molecule has 0 radical (unpaired) electrons. The topological polar surface area (TPSA) is 57.5 Å². The van der Waals surface area contributed by atoms with Crippen molar-refractivity contribution in [3.8, 4) is 5.75 Å². The van der Waals surface area contributed by atoms with Crippen LogP contribution in [0, 0.1) is 5.82 Å². The molecule has 0 heterocycles. The van der Waals surface area contributed by atoms with Crippen molar-refractivity contribution in [2.24, 2.45) is 0 Å². The number of halogens is 2. The molecule has 0 bridgehead atoms. The third kappa shape index (κ3) is 2.79. The number of carboxylic acid groups (broad SMARTS) is 1. The summed E-state index contributed by atoms with van der Waals surface area (Å²) in [5.41, 5.74) is 0.143. The number of aromatic hydroxyl groups is 1. The Labute approximate surface area is 94.0 Å². The Hall–Kier alpha value is -1.36. The van der Waals surface area contributed by atoms with Crippen molar-refractivity contribution in [3.63, 3.8) is 0 Å². The van der Waals surface area contributed by atoms with E-state index in [1.807, 2.05) is 0 Å². The maximum absolute atomic E-state index is 13.0. The lowest BCUT2D eigenvalue weighted by molar-refractivity contribution is -0.132. The van der Waals surface area contributed by atoms with E-state index in [4.69, 9.17) is 5.11 Å². The van der Waals surface area contributed by atoms with E-state index in [0.29, 0.717) is 4.47 Å².